The van der Waals surface area contributed by atoms with Gasteiger partial charge in [-0.3, -0.25) is 0 Å². The van der Waals surface area contributed by atoms with Gasteiger partial charge in [0, 0.05) is 23.3 Å². The minimum absolute atomic E-state index is 0.00220. The van der Waals surface area contributed by atoms with E-state index in [2.05, 4.69) is 19.9 Å². The minimum atomic E-state index is -4.21. The van der Waals surface area contributed by atoms with Crippen molar-refractivity contribution in [1.82, 2.24) is 19.9 Å². The zero-order valence-electron chi connectivity index (χ0n) is 15.4. The normalized spacial score (nSPS) is 20.2. The fraction of sp³-hybridized carbons (Fsp3) is 0.421. The van der Waals surface area contributed by atoms with Gasteiger partial charge >= 0.3 is 6.18 Å². The molecule has 0 aromatic carbocycles. The van der Waals surface area contributed by atoms with E-state index in [9.17, 15) is 13.2 Å². The Morgan fingerprint density at radius 1 is 1.17 bits per heavy atom. The smallest absolute Gasteiger partial charge is 0.391 e. The zero-order chi connectivity index (χ0) is 20.8. The second-order valence-corrected chi connectivity index (χ2v) is 7.46. The van der Waals surface area contributed by atoms with Crippen molar-refractivity contribution in [2.24, 2.45) is 5.92 Å². The Hall–Kier alpha value is -2.42. The van der Waals surface area contributed by atoms with Crippen LogP contribution in [-0.4, -0.2) is 32.2 Å². The predicted octanol–water partition coefficient (Wildman–Crippen LogP) is 5.62. The second kappa shape index (κ2) is 7.44. The van der Waals surface area contributed by atoms with Crippen LogP contribution in [0.1, 0.15) is 31.5 Å². The van der Waals surface area contributed by atoms with Crippen LogP contribution in [0.2, 0.25) is 5.15 Å². The lowest BCUT2D eigenvalue weighted by atomic mass is 9.87. The average molecular weight is 429 g/mol. The van der Waals surface area contributed by atoms with Gasteiger partial charge < -0.3 is 9.72 Å². The van der Waals surface area contributed by atoms with Gasteiger partial charge in [-0.2, -0.15) is 22.5 Å². The zero-order valence-corrected chi connectivity index (χ0v) is 16.1. The number of pyridine rings is 1. The number of nitrogens with one attached hydrogen (secondary N) is 1. The maximum Gasteiger partial charge on any atom is 0.391 e. The van der Waals surface area contributed by atoms with Crippen LogP contribution in [0.4, 0.5) is 17.6 Å². The van der Waals surface area contributed by atoms with Gasteiger partial charge in [-0.1, -0.05) is 11.6 Å². The number of alkyl halides is 3. The van der Waals surface area contributed by atoms with Crippen molar-refractivity contribution in [3.05, 3.63) is 35.3 Å². The summed E-state index contributed by atoms with van der Waals surface area (Å²) < 4.78 is 59.4. The van der Waals surface area contributed by atoms with Crippen LogP contribution in [-0.2, 0) is 0 Å². The molecular weight excluding hydrogens is 412 g/mol. The fourth-order valence-corrected chi connectivity index (χ4v) is 3.94. The molecule has 0 atom stereocenters. The standard InChI is InChI=1S/C19H17ClF4N4O/c1-9-27-16(12-8-26-13-6-7-25-17(20)14(12)13)15(21)18(28-9)29-11-4-2-10(3-5-11)19(22,23)24/h6-8,10-11,26H,2-5H2,1H3. The number of ether oxygens (including phenoxy) is 1. The molecule has 1 aliphatic rings. The number of hydrogen-bond donors (Lipinski definition) is 1. The molecule has 10 heteroatoms. The van der Waals surface area contributed by atoms with Gasteiger partial charge in [0.2, 0.25) is 5.82 Å². The third-order valence-corrected chi connectivity index (χ3v) is 5.44. The SMILES string of the molecule is Cc1nc(OC2CCC(C(F)(F)F)CC2)c(F)c(-c2c[nH]c3ccnc(Cl)c23)n1. The average Bonchev–Trinajstić information content (AvgIpc) is 3.09. The molecular formula is C19H17ClF4N4O. The summed E-state index contributed by atoms with van der Waals surface area (Å²) in [5.74, 6) is -2.11. The number of rotatable bonds is 3. The maximum atomic E-state index is 15.2. The molecule has 154 valence electrons. The van der Waals surface area contributed by atoms with Crippen LogP contribution in [0.5, 0.6) is 5.88 Å². The molecule has 0 amide bonds. The predicted molar refractivity (Wildman–Crippen MR) is 99.3 cm³/mol. The monoisotopic (exact) mass is 428 g/mol. The van der Waals surface area contributed by atoms with Gasteiger partial charge in [0.15, 0.2) is 0 Å². The highest BCUT2D eigenvalue weighted by atomic mass is 35.5. The highest BCUT2D eigenvalue weighted by molar-refractivity contribution is 6.35. The fourth-order valence-electron chi connectivity index (χ4n) is 3.68. The van der Waals surface area contributed by atoms with E-state index in [4.69, 9.17) is 16.3 Å². The van der Waals surface area contributed by atoms with Gasteiger partial charge in [-0.05, 0) is 38.7 Å². The van der Waals surface area contributed by atoms with E-state index in [1.807, 2.05) is 0 Å². The van der Waals surface area contributed by atoms with Crippen molar-refractivity contribution in [3.8, 4) is 17.1 Å². The van der Waals surface area contributed by atoms with Crippen molar-refractivity contribution < 1.29 is 22.3 Å². The summed E-state index contributed by atoms with van der Waals surface area (Å²) >= 11 is 6.17. The Morgan fingerprint density at radius 3 is 2.59 bits per heavy atom. The summed E-state index contributed by atoms with van der Waals surface area (Å²) in [6, 6.07) is 1.70. The van der Waals surface area contributed by atoms with E-state index in [0.29, 0.717) is 16.5 Å². The molecule has 1 fully saturated rings. The maximum absolute atomic E-state index is 15.2. The minimum Gasteiger partial charge on any atom is -0.472 e. The Bertz CT molecular complexity index is 1040. The van der Waals surface area contributed by atoms with Crippen molar-refractivity contribution in [3.63, 3.8) is 0 Å². The third-order valence-electron chi connectivity index (χ3n) is 5.15. The summed E-state index contributed by atoms with van der Waals surface area (Å²) in [7, 11) is 0. The molecule has 0 spiro atoms. The Balaban J connectivity index is 1.63. The Kier molecular flexibility index (Phi) is 5.10. The number of nitrogens with zero attached hydrogens (tertiary/aromatic N) is 3. The van der Waals surface area contributed by atoms with Crippen LogP contribution in [0.15, 0.2) is 18.5 Å². The van der Waals surface area contributed by atoms with Gasteiger partial charge in [-0.25, -0.2) is 9.97 Å². The largest absolute Gasteiger partial charge is 0.472 e. The molecule has 0 radical (unpaired) electrons. The lowest BCUT2D eigenvalue weighted by molar-refractivity contribution is -0.185. The van der Waals surface area contributed by atoms with Crippen molar-refractivity contribution in [2.75, 3.05) is 0 Å². The number of hydrogen-bond acceptors (Lipinski definition) is 4. The number of aromatic nitrogens is 4. The Labute approximate surface area is 168 Å². The first-order chi connectivity index (χ1) is 13.7. The van der Waals surface area contributed by atoms with E-state index >= 15 is 4.39 Å². The number of aromatic amines is 1. The number of fused-ring (bicyclic) bond motifs is 1. The van der Waals surface area contributed by atoms with Crippen LogP contribution >= 0.6 is 11.6 Å². The van der Waals surface area contributed by atoms with Gasteiger partial charge in [-0.15, -0.1) is 0 Å². The summed E-state index contributed by atoms with van der Waals surface area (Å²) in [4.78, 5) is 15.2. The second-order valence-electron chi connectivity index (χ2n) is 7.10. The summed E-state index contributed by atoms with van der Waals surface area (Å²) in [5.41, 5.74) is 1.08. The van der Waals surface area contributed by atoms with Crippen LogP contribution in [0.3, 0.4) is 0 Å². The third kappa shape index (κ3) is 3.88. The molecule has 1 saturated carbocycles. The van der Waals surface area contributed by atoms with Crippen molar-refractivity contribution in [2.45, 2.75) is 44.9 Å². The Morgan fingerprint density at radius 2 is 1.90 bits per heavy atom. The molecule has 0 bridgehead atoms. The molecule has 29 heavy (non-hydrogen) atoms. The quantitative estimate of drug-likeness (QED) is 0.434. The van der Waals surface area contributed by atoms with Crippen molar-refractivity contribution in [1.29, 1.82) is 0 Å². The van der Waals surface area contributed by atoms with E-state index in [1.54, 1.807) is 19.2 Å². The number of aryl methyl sites for hydroxylation is 1. The first-order valence-corrected chi connectivity index (χ1v) is 9.51. The number of H-pyrrole nitrogens is 1. The summed E-state index contributed by atoms with van der Waals surface area (Å²) in [6.07, 6.45) is -1.36. The van der Waals surface area contributed by atoms with Crippen LogP contribution in [0.25, 0.3) is 22.2 Å². The van der Waals surface area contributed by atoms with Gasteiger partial charge in [0.05, 0.1) is 11.4 Å². The molecule has 0 unspecified atom stereocenters. The van der Waals surface area contributed by atoms with Gasteiger partial charge in [0.1, 0.15) is 22.8 Å². The van der Waals surface area contributed by atoms with Crippen LogP contribution in [0, 0.1) is 18.7 Å². The van der Waals surface area contributed by atoms with E-state index in [0.717, 1.165) is 0 Å². The van der Waals surface area contributed by atoms with Crippen molar-refractivity contribution >= 4 is 22.5 Å². The summed E-state index contributed by atoms with van der Waals surface area (Å²) in [6.45, 7) is 1.59. The van der Waals surface area contributed by atoms with E-state index < -0.39 is 24.0 Å². The molecule has 4 rings (SSSR count). The van der Waals surface area contributed by atoms with Gasteiger partial charge in [0.25, 0.3) is 5.88 Å². The van der Waals surface area contributed by atoms with E-state index in [1.165, 1.54) is 6.20 Å². The lowest BCUT2D eigenvalue weighted by Crippen LogP contribution is -2.32. The molecule has 0 aliphatic heterocycles. The topological polar surface area (TPSA) is 63.7 Å². The highest BCUT2D eigenvalue weighted by Crippen LogP contribution is 2.39. The highest BCUT2D eigenvalue weighted by Gasteiger charge is 2.42. The molecule has 1 aliphatic carbocycles. The molecule has 3 heterocycles. The van der Waals surface area contributed by atoms with E-state index in [-0.39, 0.29) is 48.2 Å². The molecule has 1 N–H and O–H groups in total. The molecule has 3 aromatic rings. The number of halogens is 5. The molecule has 5 nitrogen and oxygen atoms in total. The first-order valence-electron chi connectivity index (χ1n) is 9.13. The summed E-state index contributed by atoms with van der Waals surface area (Å²) in [5, 5.41) is 0.713. The molecule has 3 aromatic heterocycles. The lowest BCUT2D eigenvalue weighted by Gasteiger charge is -2.30. The van der Waals surface area contributed by atoms with Crippen LogP contribution < -0.4 is 4.74 Å². The molecule has 0 saturated heterocycles. The first kappa shape index (κ1) is 19.9.